The second kappa shape index (κ2) is 9.34. The lowest BCUT2D eigenvalue weighted by molar-refractivity contribution is 0.170. The normalized spacial score (nSPS) is 20.8. The summed E-state index contributed by atoms with van der Waals surface area (Å²) in [6.45, 7) is 12.2. The lowest BCUT2D eigenvalue weighted by Gasteiger charge is -2.44. The summed E-state index contributed by atoms with van der Waals surface area (Å²) in [5.74, 6) is 1.51. The Balaban J connectivity index is 1.24. The first-order chi connectivity index (χ1) is 18.9. The number of rotatable bonds is 5. The highest BCUT2D eigenvalue weighted by Gasteiger charge is 2.36. The van der Waals surface area contributed by atoms with Crippen molar-refractivity contribution in [2.45, 2.75) is 52.6 Å². The van der Waals surface area contributed by atoms with Crippen molar-refractivity contribution in [3.63, 3.8) is 0 Å². The lowest BCUT2D eigenvalue weighted by atomic mass is 10.0. The second-order valence-electron chi connectivity index (χ2n) is 11.2. The Morgan fingerprint density at radius 2 is 1.90 bits per heavy atom. The van der Waals surface area contributed by atoms with Crippen LogP contribution in [0.1, 0.15) is 37.5 Å². The number of H-pyrrole nitrogens is 1. The summed E-state index contributed by atoms with van der Waals surface area (Å²) >= 11 is 1.73. The molecule has 0 spiro atoms. The highest BCUT2D eigenvalue weighted by atomic mass is 32.2. The standard InChI is InChI=1S/C30H36N8S/c1-6-21-15-26(36-16-19(3)35(5)20(4)17-36)18(2)14-24(21)32-30-33-28-23(10-12-31-28)29(34-30)38-25-9-7-8-22-11-13-37(39-38)27(22)25/h7-10,12,14-15,19-20H,6,11,13,16-17H2,1-5H3,(H2,31,32,33,34). The van der Waals surface area contributed by atoms with E-state index in [4.69, 9.17) is 9.97 Å². The Morgan fingerprint density at radius 3 is 2.69 bits per heavy atom. The van der Waals surface area contributed by atoms with Crippen LogP contribution in [-0.4, -0.2) is 58.6 Å². The van der Waals surface area contributed by atoms with Gasteiger partial charge in [-0.3, -0.25) is 9.21 Å². The quantitative estimate of drug-likeness (QED) is 0.291. The number of benzene rings is 2. The fourth-order valence-corrected chi connectivity index (χ4v) is 7.40. The number of hydrogen-bond acceptors (Lipinski definition) is 8. The number of aromatic nitrogens is 3. The van der Waals surface area contributed by atoms with Gasteiger partial charge in [0, 0.05) is 49.3 Å². The highest BCUT2D eigenvalue weighted by Crippen LogP contribution is 2.53. The van der Waals surface area contributed by atoms with Gasteiger partial charge in [-0.1, -0.05) is 19.1 Å². The maximum atomic E-state index is 5.10. The van der Waals surface area contributed by atoms with Gasteiger partial charge in [0.05, 0.1) is 28.9 Å². The van der Waals surface area contributed by atoms with Gasteiger partial charge in [0.15, 0.2) is 5.82 Å². The van der Waals surface area contributed by atoms with Crippen LogP contribution in [-0.2, 0) is 12.8 Å². The first kappa shape index (κ1) is 24.6. The summed E-state index contributed by atoms with van der Waals surface area (Å²) < 4.78 is 4.64. The van der Waals surface area contributed by atoms with E-state index in [9.17, 15) is 0 Å². The summed E-state index contributed by atoms with van der Waals surface area (Å²) in [6, 6.07) is 14.4. The number of piperazine rings is 1. The SMILES string of the molecule is CCc1cc(N2CC(C)N(C)C(C)C2)c(C)cc1Nc1nc(N2SN3CCc4cccc2c43)c2cc[nH]c2n1. The van der Waals surface area contributed by atoms with Crippen molar-refractivity contribution >= 4 is 57.7 Å². The molecule has 0 radical (unpaired) electrons. The van der Waals surface area contributed by atoms with E-state index in [-0.39, 0.29) is 0 Å². The molecule has 0 aliphatic carbocycles. The van der Waals surface area contributed by atoms with Crippen molar-refractivity contribution in [3.8, 4) is 0 Å². The molecule has 7 rings (SSSR count). The monoisotopic (exact) mass is 540 g/mol. The Bertz CT molecular complexity index is 1550. The van der Waals surface area contributed by atoms with E-state index in [1.807, 2.05) is 6.20 Å². The van der Waals surface area contributed by atoms with Crippen LogP contribution in [0.2, 0.25) is 0 Å². The average molecular weight is 541 g/mol. The number of hydrogen-bond donors (Lipinski definition) is 2. The predicted molar refractivity (Wildman–Crippen MR) is 164 cm³/mol. The average Bonchev–Trinajstić information content (AvgIpc) is 3.66. The van der Waals surface area contributed by atoms with Crippen LogP contribution in [0.5, 0.6) is 0 Å². The first-order valence-electron chi connectivity index (χ1n) is 14.0. The van der Waals surface area contributed by atoms with Crippen molar-refractivity contribution in [2.24, 2.45) is 0 Å². The molecule has 2 aromatic heterocycles. The molecule has 0 bridgehead atoms. The molecule has 5 heterocycles. The molecule has 3 aliphatic rings. The predicted octanol–water partition coefficient (Wildman–Crippen LogP) is 6.18. The van der Waals surface area contributed by atoms with Crippen molar-refractivity contribution in [2.75, 3.05) is 45.5 Å². The Hall–Kier alpha value is -3.43. The molecule has 2 N–H and O–H groups in total. The van der Waals surface area contributed by atoms with Gasteiger partial charge in [-0.05, 0) is 81.6 Å². The number of anilines is 6. The molecular weight excluding hydrogens is 504 g/mol. The Kier molecular flexibility index (Phi) is 5.89. The molecule has 2 aromatic carbocycles. The van der Waals surface area contributed by atoms with Crippen LogP contribution in [0.25, 0.3) is 11.0 Å². The number of fused-ring (bicyclic) bond motifs is 1. The lowest BCUT2D eigenvalue weighted by Crippen LogP contribution is -2.55. The van der Waals surface area contributed by atoms with Crippen LogP contribution in [0.4, 0.5) is 34.5 Å². The molecule has 1 saturated heterocycles. The number of para-hydroxylation sites is 1. The highest BCUT2D eigenvalue weighted by molar-refractivity contribution is 8.02. The minimum absolute atomic E-state index is 0.524. The fraction of sp³-hybridized carbons (Fsp3) is 0.400. The summed E-state index contributed by atoms with van der Waals surface area (Å²) in [5.41, 5.74) is 9.73. The zero-order chi connectivity index (χ0) is 26.8. The van der Waals surface area contributed by atoms with Gasteiger partial charge in [-0.25, -0.2) is 4.31 Å². The van der Waals surface area contributed by atoms with Gasteiger partial charge in [0.25, 0.3) is 0 Å². The minimum atomic E-state index is 0.524. The summed E-state index contributed by atoms with van der Waals surface area (Å²) in [6.07, 6.45) is 3.98. The zero-order valence-electron chi connectivity index (χ0n) is 23.3. The van der Waals surface area contributed by atoms with Gasteiger partial charge >= 0.3 is 0 Å². The molecule has 9 heteroatoms. The third-order valence-corrected chi connectivity index (χ3v) is 9.76. The molecule has 4 aromatic rings. The number of aryl methyl sites for hydroxylation is 2. The number of likely N-dealkylation sites (N-methyl/N-ethyl adjacent to an activating group) is 1. The number of nitrogens with one attached hydrogen (secondary N) is 2. The molecule has 202 valence electrons. The first-order valence-corrected chi connectivity index (χ1v) is 14.7. The van der Waals surface area contributed by atoms with E-state index in [1.54, 1.807) is 12.1 Å². The van der Waals surface area contributed by atoms with E-state index in [1.165, 1.54) is 33.8 Å². The number of nitrogens with zero attached hydrogens (tertiary/aromatic N) is 6. The van der Waals surface area contributed by atoms with Gasteiger partial charge in [-0.2, -0.15) is 9.97 Å². The van der Waals surface area contributed by atoms with E-state index in [0.717, 1.165) is 55.0 Å². The summed E-state index contributed by atoms with van der Waals surface area (Å²) in [7, 11) is 2.24. The molecule has 3 aliphatic heterocycles. The molecule has 2 unspecified atom stereocenters. The molecule has 8 nitrogen and oxygen atoms in total. The zero-order valence-corrected chi connectivity index (χ0v) is 24.1. The molecule has 39 heavy (non-hydrogen) atoms. The third-order valence-electron chi connectivity index (χ3n) is 8.67. The number of aromatic amines is 1. The topological polar surface area (TPSA) is 66.6 Å². The van der Waals surface area contributed by atoms with Crippen molar-refractivity contribution in [1.82, 2.24) is 19.9 Å². The molecule has 2 atom stereocenters. The van der Waals surface area contributed by atoms with E-state index in [0.29, 0.717) is 18.0 Å². The summed E-state index contributed by atoms with van der Waals surface area (Å²) in [5, 5.41) is 4.63. The van der Waals surface area contributed by atoms with Gasteiger partial charge in [-0.15, -0.1) is 0 Å². The molecular formula is C30H36N8S. The largest absolute Gasteiger partial charge is 0.368 e. The van der Waals surface area contributed by atoms with Gasteiger partial charge < -0.3 is 15.2 Å². The van der Waals surface area contributed by atoms with Crippen LogP contribution in [0.3, 0.4) is 0 Å². The molecule has 0 amide bonds. The Morgan fingerprint density at radius 1 is 1.08 bits per heavy atom. The van der Waals surface area contributed by atoms with E-state index >= 15 is 0 Å². The smallest absolute Gasteiger partial charge is 0.231 e. The van der Waals surface area contributed by atoms with Crippen molar-refractivity contribution in [3.05, 3.63) is 59.3 Å². The maximum absolute atomic E-state index is 5.10. The third kappa shape index (κ3) is 4.02. The fourth-order valence-electron chi connectivity index (χ4n) is 6.29. The van der Waals surface area contributed by atoms with Gasteiger partial charge in [0.2, 0.25) is 5.95 Å². The van der Waals surface area contributed by atoms with Crippen LogP contribution in [0, 0.1) is 6.92 Å². The molecule has 1 fully saturated rings. The van der Waals surface area contributed by atoms with Crippen LogP contribution >= 0.6 is 12.1 Å². The maximum Gasteiger partial charge on any atom is 0.231 e. The van der Waals surface area contributed by atoms with Crippen molar-refractivity contribution in [1.29, 1.82) is 0 Å². The second-order valence-corrected chi connectivity index (χ2v) is 12.1. The van der Waals surface area contributed by atoms with Crippen LogP contribution in [0.15, 0.2) is 42.6 Å². The van der Waals surface area contributed by atoms with Crippen LogP contribution < -0.4 is 18.8 Å². The van der Waals surface area contributed by atoms with Crippen molar-refractivity contribution < 1.29 is 0 Å². The van der Waals surface area contributed by atoms with E-state index in [2.05, 4.69) is 99.9 Å². The van der Waals surface area contributed by atoms with E-state index < -0.39 is 0 Å². The molecule has 0 saturated carbocycles. The minimum Gasteiger partial charge on any atom is -0.368 e. The Labute approximate surface area is 234 Å². The summed E-state index contributed by atoms with van der Waals surface area (Å²) in [4.78, 5) is 18.3. The van der Waals surface area contributed by atoms with Gasteiger partial charge in [0.1, 0.15) is 5.65 Å².